The van der Waals surface area contributed by atoms with Gasteiger partial charge in [-0.3, -0.25) is 14.7 Å². The molecule has 0 saturated heterocycles. The van der Waals surface area contributed by atoms with Crippen molar-refractivity contribution in [3.05, 3.63) is 71.0 Å². The Bertz CT molecular complexity index is 743. The first-order valence-electron chi connectivity index (χ1n) is 7.44. The molecule has 3 rings (SSSR count). The third kappa shape index (κ3) is 3.62. The van der Waals surface area contributed by atoms with Crippen LogP contribution in [0.3, 0.4) is 0 Å². The molecule has 0 atom stereocenters. The van der Waals surface area contributed by atoms with Crippen molar-refractivity contribution in [2.45, 2.75) is 12.7 Å². The summed E-state index contributed by atoms with van der Waals surface area (Å²) >= 11 is 1.51. The average molecular weight is 328 g/mol. The topological polar surface area (TPSA) is 32.7 Å². The maximum atomic E-state index is 12.9. The van der Waals surface area contributed by atoms with Gasteiger partial charge in [-0.25, -0.2) is 4.39 Å². The van der Waals surface area contributed by atoms with Gasteiger partial charge in [-0.1, -0.05) is 42.1 Å². The van der Waals surface area contributed by atoms with Crippen molar-refractivity contribution in [3.63, 3.8) is 0 Å². The minimum atomic E-state index is -0.242. The van der Waals surface area contributed by atoms with E-state index >= 15 is 0 Å². The molecule has 0 N–H and O–H groups in total. The summed E-state index contributed by atoms with van der Waals surface area (Å²) in [4.78, 5) is 18.9. The Kier molecular flexibility index (Phi) is 4.76. The standard InChI is InChI=1S/C18H17FN2OS/c1-13-4-2-3-5-16(13)17(22)21-11-10-20-18(21)23-12-14-6-8-15(19)9-7-14/h2-9H,10-12H2,1H3. The van der Waals surface area contributed by atoms with Gasteiger partial charge in [-0.2, -0.15) is 0 Å². The zero-order valence-corrected chi connectivity index (χ0v) is 13.6. The number of hydrogen-bond donors (Lipinski definition) is 0. The van der Waals surface area contributed by atoms with E-state index in [1.54, 1.807) is 17.0 Å². The maximum absolute atomic E-state index is 12.9. The van der Waals surface area contributed by atoms with Crippen molar-refractivity contribution < 1.29 is 9.18 Å². The van der Waals surface area contributed by atoms with Gasteiger partial charge < -0.3 is 0 Å². The van der Waals surface area contributed by atoms with Crippen molar-refractivity contribution in [3.8, 4) is 0 Å². The summed E-state index contributed by atoms with van der Waals surface area (Å²) in [6.07, 6.45) is 0. The Labute approximate surface area is 139 Å². The fourth-order valence-corrected chi connectivity index (χ4v) is 3.43. The summed E-state index contributed by atoms with van der Waals surface area (Å²) in [5, 5.41) is 0.738. The number of hydrogen-bond acceptors (Lipinski definition) is 3. The number of aliphatic imine (C=N–C) groups is 1. The van der Waals surface area contributed by atoms with Crippen LogP contribution in [-0.2, 0) is 5.75 Å². The number of carbonyl (C=O) groups excluding carboxylic acids is 1. The number of rotatable bonds is 3. The van der Waals surface area contributed by atoms with E-state index < -0.39 is 0 Å². The molecule has 5 heteroatoms. The number of thioether (sulfide) groups is 1. The van der Waals surface area contributed by atoms with E-state index in [9.17, 15) is 9.18 Å². The highest BCUT2D eigenvalue weighted by atomic mass is 32.2. The molecule has 2 aromatic rings. The van der Waals surface area contributed by atoms with E-state index in [0.717, 1.165) is 16.3 Å². The highest BCUT2D eigenvalue weighted by molar-refractivity contribution is 8.13. The van der Waals surface area contributed by atoms with Gasteiger partial charge in [0.15, 0.2) is 5.17 Å². The van der Waals surface area contributed by atoms with E-state index in [0.29, 0.717) is 24.4 Å². The largest absolute Gasteiger partial charge is 0.286 e. The Morgan fingerprint density at radius 3 is 2.70 bits per heavy atom. The van der Waals surface area contributed by atoms with Gasteiger partial charge in [0.05, 0.1) is 6.54 Å². The van der Waals surface area contributed by atoms with Gasteiger partial charge >= 0.3 is 0 Å². The number of amides is 1. The molecule has 0 aliphatic carbocycles. The van der Waals surface area contributed by atoms with Crippen LogP contribution in [0.4, 0.5) is 4.39 Å². The van der Waals surface area contributed by atoms with Crippen LogP contribution >= 0.6 is 11.8 Å². The molecular weight excluding hydrogens is 311 g/mol. The molecule has 0 saturated carbocycles. The minimum Gasteiger partial charge on any atom is -0.286 e. The molecule has 0 unspecified atom stereocenters. The third-order valence-electron chi connectivity index (χ3n) is 3.70. The summed E-state index contributed by atoms with van der Waals surface area (Å²) in [5.74, 6) is 0.413. The second-order valence-corrected chi connectivity index (χ2v) is 6.29. The second kappa shape index (κ2) is 6.96. The molecule has 1 aliphatic rings. The quantitative estimate of drug-likeness (QED) is 0.856. The van der Waals surface area contributed by atoms with Gasteiger partial charge in [0.25, 0.3) is 5.91 Å². The van der Waals surface area contributed by atoms with Crippen LogP contribution in [0.1, 0.15) is 21.5 Å². The molecule has 0 fully saturated rings. The van der Waals surface area contributed by atoms with Crippen LogP contribution in [0.2, 0.25) is 0 Å². The van der Waals surface area contributed by atoms with Gasteiger partial charge in [-0.15, -0.1) is 0 Å². The minimum absolute atomic E-state index is 0.00837. The molecule has 0 spiro atoms. The number of benzene rings is 2. The normalized spacial score (nSPS) is 14.0. The fraction of sp³-hybridized carbons (Fsp3) is 0.222. The molecule has 1 aliphatic heterocycles. The van der Waals surface area contributed by atoms with Crippen LogP contribution in [0.25, 0.3) is 0 Å². The second-order valence-electron chi connectivity index (χ2n) is 5.35. The first-order valence-corrected chi connectivity index (χ1v) is 8.43. The van der Waals surface area contributed by atoms with E-state index in [1.807, 2.05) is 31.2 Å². The molecule has 118 valence electrons. The van der Waals surface area contributed by atoms with Gasteiger partial charge in [-0.05, 0) is 36.2 Å². The Morgan fingerprint density at radius 1 is 1.22 bits per heavy atom. The van der Waals surface area contributed by atoms with Crippen LogP contribution in [0.15, 0.2) is 53.5 Å². The molecule has 1 heterocycles. The maximum Gasteiger partial charge on any atom is 0.260 e. The summed E-state index contributed by atoms with van der Waals surface area (Å²) in [5.41, 5.74) is 2.69. The summed E-state index contributed by atoms with van der Waals surface area (Å²) < 4.78 is 12.9. The predicted molar refractivity (Wildman–Crippen MR) is 92.2 cm³/mol. The van der Waals surface area contributed by atoms with Crippen molar-refractivity contribution in [1.29, 1.82) is 0 Å². The van der Waals surface area contributed by atoms with Crippen molar-refractivity contribution in [1.82, 2.24) is 4.90 Å². The number of halogens is 1. The monoisotopic (exact) mass is 328 g/mol. The lowest BCUT2D eigenvalue weighted by atomic mass is 10.1. The molecule has 23 heavy (non-hydrogen) atoms. The summed E-state index contributed by atoms with van der Waals surface area (Å²) in [7, 11) is 0. The summed E-state index contributed by atoms with van der Waals surface area (Å²) in [6.45, 7) is 3.17. The van der Waals surface area contributed by atoms with E-state index in [4.69, 9.17) is 0 Å². The molecule has 0 aromatic heterocycles. The van der Waals surface area contributed by atoms with Crippen LogP contribution in [0.5, 0.6) is 0 Å². The first kappa shape index (κ1) is 15.7. The SMILES string of the molecule is Cc1ccccc1C(=O)N1CCN=C1SCc1ccc(F)cc1. The molecule has 0 radical (unpaired) electrons. The Hall–Kier alpha value is -2.14. The van der Waals surface area contributed by atoms with Crippen LogP contribution in [0, 0.1) is 12.7 Å². The smallest absolute Gasteiger partial charge is 0.260 e. The molecule has 0 bridgehead atoms. The van der Waals surface area contributed by atoms with Crippen LogP contribution in [-0.4, -0.2) is 29.1 Å². The molecular formula is C18H17FN2OS. The Balaban J connectivity index is 1.69. The molecule has 2 aromatic carbocycles. The van der Waals surface area contributed by atoms with Crippen LogP contribution < -0.4 is 0 Å². The fourth-order valence-electron chi connectivity index (χ4n) is 2.43. The lowest BCUT2D eigenvalue weighted by molar-refractivity contribution is 0.0860. The lowest BCUT2D eigenvalue weighted by Crippen LogP contribution is -2.33. The van der Waals surface area contributed by atoms with Crippen molar-refractivity contribution >= 4 is 22.8 Å². The van der Waals surface area contributed by atoms with E-state index in [1.165, 1.54) is 23.9 Å². The number of amidine groups is 1. The van der Waals surface area contributed by atoms with Gasteiger partial charge in [0.2, 0.25) is 0 Å². The zero-order valence-electron chi connectivity index (χ0n) is 12.8. The number of carbonyl (C=O) groups is 1. The zero-order chi connectivity index (χ0) is 16.2. The van der Waals surface area contributed by atoms with Gasteiger partial charge in [0.1, 0.15) is 5.82 Å². The lowest BCUT2D eigenvalue weighted by Gasteiger charge is -2.19. The number of aryl methyl sites for hydroxylation is 1. The van der Waals surface area contributed by atoms with Crippen molar-refractivity contribution in [2.75, 3.05) is 13.1 Å². The summed E-state index contributed by atoms with van der Waals surface area (Å²) in [6, 6.07) is 14.0. The third-order valence-corrected chi connectivity index (χ3v) is 4.79. The average Bonchev–Trinajstić information content (AvgIpc) is 3.03. The molecule has 3 nitrogen and oxygen atoms in total. The number of nitrogens with zero attached hydrogens (tertiary/aromatic N) is 2. The van der Waals surface area contributed by atoms with Crippen molar-refractivity contribution in [2.24, 2.45) is 4.99 Å². The highest BCUT2D eigenvalue weighted by Gasteiger charge is 2.25. The van der Waals surface area contributed by atoms with Gasteiger partial charge in [0, 0.05) is 17.9 Å². The van der Waals surface area contributed by atoms with E-state index in [2.05, 4.69) is 4.99 Å². The van der Waals surface area contributed by atoms with E-state index in [-0.39, 0.29) is 11.7 Å². The first-order chi connectivity index (χ1) is 11.1. The molecule has 1 amide bonds. The highest BCUT2D eigenvalue weighted by Crippen LogP contribution is 2.22. The predicted octanol–water partition coefficient (Wildman–Crippen LogP) is 3.88. The Morgan fingerprint density at radius 2 is 1.96 bits per heavy atom.